The zero-order valence-electron chi connectivity index (χ0n) is 23.1. The van der Waals surface area contributed by atoms with Crippen LogP contribution in [0.1, 0.15) is 69.8 Å². The maximum absolute atomic E-state index is 12.4. The van der Waals surface area contributed by atoms with E-state index < -0.39 is 6.09 Å². The number of carbonyl (C=O) groups is 1. The number of nitrogens with zero attached hydrogens (tertiary/aromatic N) is 4. The van der Waals surface area contributed by atoms with Gasteiger partial charge in [0.2, 0.25) is 0 Å². The number of imidazole rings is 1. The SMILES string of the molecule is CCC[C@H](C)OC(=O)Nc1ccc(-c2nc([C@H]3CC[C@H](CN(C)C)CC3)n3ccnc(C)c23)cc1OC. The predicted molar refractivity (Wildman–Crippen MR) is 147 cm³/mol. The fourth-order valence-corrected chi connectivity index (χ4v) is 5.56. The van der Waals surface area contributed by atoms with Gasteiger partial charge in [-0.2, -0.15) is 0 Å². The molecule has 1 saturated carbocycles. The second-order valence-corrected chi connectivity index (χ2v) is 10.6. The van der Waals surface area contributed by atoms with Gasteiger partial charge in [-0.05, 0) is 78.1 Å². The van der Waals surface area contributed by atoms with E-state index in [1.807, 2.05) is 44.4 Å². The zero-order valence-corrected chi connectivity index (χ0v) is 23.1. The maximum Gasteiger partial charge on any atom is 0.412 e. The van der Waals surface area contributed by atoms with Gasteiger partial charge in [0.15, 0.2) is 0 Å². The lowest BCUT2D eigenvalue weighted by Gasteiger charge is -2.29. The Morgan fingerprint density at radius 1 is 1.24 bits per heavy atom. The summed E-state index contributed by atoms with van der Waals surface area (Å²) in [5.41, 5.74) is 4.34. The number of anilines is 1. The molecule has 0 radical (unpaired) electrons. The maximum atomic E-state index is 12.4. The first-order valence-corrected chi connectivity index (χ1v) is 13.4. The van der Waals surface area contributed by atoms with E-state index in [0.29, 0.717) is 17.4 Å². The number of nitrogens with one attached hydrogen (secondary N) is 1. The summed E-state index contributed by atoms with van der Waals surface area (Å²) in [6.45, 7) is 7.14. The standard InChI is InChI=1S/C29H41N5O3/c1-7-8-19(2)37-29(35)31-24-14-13-23(17-25(24)36-6)26-27-20(3)30-15-16-34(27)28(32-26)22-11-9-21(10-12-22)18-33(4)5/h13-17,19,21-22H,7-12,18H2,1-6H3,(H,31,35)/t19-,21-,22-/m0/s1. The van der Waals surface area contributed by atoms with Crippen LogP contribution in [0.15, 0.2) is 30.6 Å². The van der Waals surface area contributed by atoms with Crippen LogP contribution in [-0.4, -0.2) is 59.2 Å². The quantitative estimate of drug-likeness (QED) is 0.367. The van der Waals surface area contributed by atoms with E-state index in [2.05, 4.69) is 40.6 Å². The normalized spacial score (nSPS) is 18.7. The molecule has 1 N–H and O–H groups in total. The van der Waals surface area contributed by atoms with Gasteiger partial charge in [-0.3, -0.25) is 14.7 Å². The number of hydrogen-bond donors (Lipinski definition) is 1. The highest BCUT2D eigenvalue weighted by molar-refractivity contribution is 5.89. The van der Waals surface area contributed by atoms with Gasteiger partial charge in [-0.25, -0.2) is 9.78 Å². The Bertz CT molecular complexity index is 1210. The number of carbonyl (C=O) groups excluding carboxylic acids is 1. The molecule has 8 nitrogen and oxygen atoms in total. The number of fused-ring (bicyclic) bond motifs is 1. The van der Waals surface area contributed by atoms with Crippen molar-refractivity contribution in [2.45, 2.75) is 71.3 Å². The van der Waals surface area contributed by atoms with Crippen molar-refractivity contribution >= 4 is 17.3 Å². The molecule has 0 unspecified atom stereocenters. The number of amides is 1. The largest absolute Gasteiger partial charge is 0.495 e. The summed E-state index contributed by atoms with van der Waals surface area (Å²) in [6, 6.07) is 5.75. The van der Waals surface area contributed by atoms with Crippen LogP contribution in [0.2, 0.25) is 0 Å². The summed E-state index contributed by atoms with van der Waals surface area (Å²) in [6.07, 6.45) is 9.77. The van der Waals surface area contributed by atoms with Crippen molar-refractivity contribution in [2.75, 3.05) is 33.1 Å². The molecule has 8 heteroatoms. The van der Waals surface area contributed by atoms with Crippen molar-refractivity contribution in [1.82, 2.24) is 19.3 Å². The molecule has 2 aromatic heterocycles. The van der Waals surface area contributed by atoms with Crippen molar-refractivity contribution in [2.24, 2.45) is 5.92 Å². The monoisotopic (exact) mass is 507 g/mol. The van der Waals surface area contributed by atoms with Gasteiger partial charge >= 0.3 is 6.09 Å². The van der Waals surface area contributed by atoms with Crippen LogP contribution in [0.3, 0.4) is 0 Å². The Hall–Kier alpha value is -3.13. The Morgan fingerprint density at radius 3 is 2.68 bits per heavy atom. The first-order valence-electron chi connectivity index (χ1n) is 13.4. The predicted octanol–water partition coefficient (Wildman–Crippen LogP) is 6.29. The van der Waals surface area contributed by atoms with Crippen LogP contribution in [0.5, 0.6) is 5.75 Å². The first-order chi connectivity index (χ1) is 17.8. The van der Waals surface area contributed by atoms with Gasteiger partial charge in [0.05, 0.1) is 29.7 Å². The van der Waals surface area contributed by atoms with Crippen LogP contribution >= 0.6 is 0 Å². The topological polar surface area (TPSA) is 81.0 Å². The van der Waals surface area contributed by atoms with E-state index in [1.54, 1.807) is 7.11 Å². The highest BCUT2D eigenvalue weighted by Gasteiger charge is 2.28. The Kier molecular flexibility index (Phi) is 8.69. The minimum Gasteiger partial charge on any atom is -0.495 e. The van der Waals surface area contributed by atoms with Crippen LogP contribution in [0.4, 0.5) is 10.5 Å². The van der Waals surface area contributed by atoms with Gasteiger partial charge in [-0.15, -0.1) is 0 Å². The molecule has 200 valence electrons. The second kappa shape index (κ2) is 11.9. The van der Waals surface area contributed by atoms with Crippen molar-refractivity contribution in [3.05, 3.63) is 42.1 Å². The Morgan fingerprint density at radius 2 is 2.00 bits per heavy atom. The zero-order chi connectivity index (χ0) is 26.5. The van der Waals surface area contributed by atoms with Gasteiger partial charge in [0.1, 0.15) is 17.7 Å². The van der Waals surface area contributed by atoms with Crippen LogP contribution in [-0.2, 0) is 4.74 Å². The molecule has 0 saturated heterocycles. The second-order valence-electron chi connectivity index (χ2n) is 10.6. The van der Waals surface area contributed by atoms with Gasteiger partial charge in [0.25, 0.3) is 0 Å². The Labute approximate surface area is 220 Å². The van der Waals surface area contributed by atoms with E-state index in [1.165, 1.54) is 12.8 Å². The Balaban J connectivity index is 1.62. The van der Waals surface area contributed by atoms with Gasteiger partial charge in [-0.1, -0.05) is 19.4 Å². The summed E-state index contributed by atoms with van der Waals surface area (Å²) < 4.78 is 13.3. The molecule has 1 amide bonds. The molecule has 2 heterocycles. The number of aromatic nitrogens is 3. The number of ether oxygens (including phenoxy) is 2. The van der Waals surface area contributed by atoms with Crippen molar-refractivity contribution in [3.8, 4) is 17.0 Å². The van der Waals surface area contributed by atoms with E-state index in [-0.39, 0.29) is 6.10 Å². The minimum absolute atomic E-state index is 0.140. The van der Waals surface area contributed by atoms with Crippen molar-refractivity contribution in [3.63, 3.8) is 0 Å². The summed E-state index contributed by atoms with van der Waals surface area (Å²) in [4.78, 5) is 24.4. The highest BCUT2D eigenvalue weighted by atomic mass is 16.6. The smallest absolute Gasteiger partial charge is 0.412 e. The molecule has 1 aliphatic carbocycles. The number of hydrogen-bond acceptors (Lipinski definition) is 6. The summed E-state index contributed by atoms with van der Waals surface area (Å²) in [5.74, 6) is 2.84. The summed E-state index contributed by atoms with van der Waals surface area (Å²) in [5, 5.41) is 2.82. The van der Waals surface area contributed by atoms with E-state index >= 15 is 0 Å². The molecule has 1 fully saturated rings. The molecule has 0 bridgehead atoms. The minimum atomic E-state index is -0.480. The number of aryl methyl sites for hydroxylation is 1. The lowest BCUT2D eigenvalue weighted by Crippen LogP contribution is -2.25. The molecule has 1 atom stereocenters. The number of rotatable bonds is 9. The molecule has 37 heavy (non-hydrogen) atoms. The van der Waals surface area contributed by atoms with Crippen molar-refractivity contribution < 1.29 is 14.3 Å². The molecule has 4 rings (SSSR count). The number of benzene rings is 1. The third-order valence-corrected chi connectivity index (χ3v) is 7.32. The molecule has 1 aromatic carbocycles. The lowest BCUT2D eigenvalue weighted by atomic mass is 9.81. The molecular formula is C29H41N5O3. The third kappa shape index (κ3) is 6.24. The lowest BCUT2D eigenvalue weighted by molar-refractivity contribution is 0.115. The average Bonchev–Trinajstić information content (AvgIpc) is 3.25. The van der Waals surface area contributed by atoms with Gasteiger partial charge < -0.3 is 14.4 Å². The highest BCUT2D eigenvalue weighted by Crippen LogP contribution is 2.39. The van der Waals surface area contributed by atoms with Crippen LogP contribution < -0.4 is 10.1 Å². The summed E-state index contributed by atoms with van der Waals surface area (Å²) >= 11 is 0. The van der Waals surface area contributed by atoms with Crippen molar-refractivity contribution in [1.29, 1.82) is 0 Å². The fourth-order valence-electron chi connectivity index (χ4n) is 5.56. The first kappa shape index (κ1) is 26.9. The average molecular weight is 508 g/mol. The van der Waals surface area contributed by atoms with Crippen LogP contribution in [0, 0.1) is 12.8 Å². The molecular weight excluding hydrogens is 466 g/mol. The molecule has 3 aromatic rings. The van der Waals surface area contributed by atoms with E-state index in [9.17, 15) is 4.79 Å². The molecule has 0 spiro atoms. The number of methoxy groups -OCH3 is 1. The molecule has 1 aliphatic rings. The molecule has 0 aliphatic heterocycles. The van der Waals surface area contributed by atoms with E-state index in [4.69, 9.17) is 14.5 Å². The van der Waals surface area contributed by atoms with Crippen LogP contribution in [0.25, 0.3) is 16.8 Å². The van der Waals surface area contributed by atoms with E-state index in [0.717, 1.165) is 66.4 Å². The van der Waals surface area contributed by atoms with Gasteiger partial charge in [0, 0.05) is 30.4 Å². The third-order valence-electron chi connectivity index (χ3n) is 7.32. The fraction of sp³-hybridized carbons (Fsp3) is 0.552. The summed E-state index contributed by atoms with van der Waals surface area (Å²) in [7, 11) is 5.91.